The summed E-state index contributed by atoms with van der Waals surface area (Å²) in [7, 11) is 1.67. The number of rotatable bonds is 7. The van der Waals surface area contributed by atoms with Crippen LogP contribution in [0.15, 0.2) is 30.6 Å². The van der Waals surface area contributed by atoms with Crippen molar-refractivity contribution in [2.75, 3.05) is 20.3 Å². The fourth-order valence-electron chi connectivity index (χ4n) is 3.95. The van der Waals surface area contributed by atoms with E-state index in [9.17, 15) is 4.79 Å². The smallest absolute Gasteiger partial charge is 0.229 e. The van der Waals surface area contributed by atoms with Gasteiger partial charge in [0.25, 0.3) is 0 Å². The van der Waals surface area contributed by atoms with Gasteiger partial charge in [0.1, 0.15) is 12.2 Å². The van der Waals surface area contributed by atoms with Gasteiger partial charge in [0, 0.05) is 43.2 Å². The molecule has 27 heavy (non-hydrogen) atoms. The van der Waals surface area contributed by atoms with E-state index in [1.807, 2.05) is 10.6 Å². The lowest BCUT2D eigenvalue weighted by atomic mass is 9.86. The Balaban J connectivity index is 1.41. The summed E-state index contributed by atoms with van der Waals surface area (Å²) >= 11 is 0. The monoisotopic (exact) mass is 367 g/mol. The molecule has 3 aromatic rings. The number of hydrogen-bond acceptors (Lipinski definition) is 4. The van der Waals surface area contributed by atoms with Gasteiger partial charge in [-0.2, -0.15) is 0 Å². The van der Waals surface area contributed by atoms with Crippen LogP contribution in [-0.2, 0) is 28.9 Å². The first-order valence-corrected chi connectivity index (χ1v) is 9.50. The molecule has 2 heterocycles. The predicted octanol–water partition coefficient (Wildman–Crippen LogP) is 2.18. The number of para-hydroxylation sites is 1. The van der Waals surface area contributed by atoms with Crippen molar-refractivity contribution in [2.24, 2.45) is 0 Å². The minimum Gasteiger partial charge on any atom is -0.383 e. The average Bonchev–Trinajstić information content (AvgIpc) is 3.30. The second kappa shape index (κ2) is 7.92. The van der Waals surface area contributed by atoms with Crippen molar-refractivity contribution in [2.45, 2.75) is 38.1 Å². The van der Waals surface area contributed by atoms with Gasteiger partial charge in [-0.25, -0.2) is 0 Å². The lowest BCUT2D eigenvalue weighted by Crippen LogP contribution is -2.33. The average molecular weight is 367 g/mol. The van der Waals surface area contributed by atoms with Crippen LogP contribution in [0.4, 0.5) is 0 Å². The molecule has 1 aromatic carbocycles. The van der Waals surface area contributed by atoms with Crippen LogP contribution >= 0.6 is 0 Å². The number of aryl methyl sites for hydroxylation is 1. The maximum atomic E-state index is 12.8. The number of ether oxygens (including phenoxy) is 1. The Hall–Kier alpha value is -2.67. The number of nitrogens with one attached hydrogen (secondary N) is 2. The molecule has 4 rings (SSSR count). The standard InChI is InChI=1S/C20H25N5O2/c1-27-12-11-25-13-22-24-18(25)9-10-21-20(26)16-7-4-6-15-14-5-2-3-8-17(14)23-19(15)16/h2-3,5,8,13,16,23H,4,6-7,9-12H2,1H3,(H,21,26)/t16-/m0/s1. The highest BCUT2D eigenvalue weighted by Gasteiger charge is 2.29. The number of methoxy groups -OCH3 is 1. The number of aromatic nitrogens is 4. The molecule has 2 aromatic heterocycles. The summed E-state index contributed by atoms with van der Waals surface area (Å²) in [5, 5.41) is 12.4. The van der Waals surface area contributed by atoms with Crippen LogP contribution < -0.4 is 5.32 Å². The predicted molar refractivity (Wildman–Crippen MR) is 103 cm³/mol. The van der Waals surface area contributed by atoms with Crippen molar-refractivity contribution in [3.63, 3.8) is 0 Å². The van der Waals surface area contributed by atoms with Crippen molar-refractivity contribution < 1.29 is 9.53 Å². The van der Waals surface area contributed by atoms with Crippen LogP contribution in [0, 0.1) is 0 Å². The van der Waals surface area contributed by atoms with Gasteiger partial charge in [-0.1, -0.05) is 18.2 Å². The molecule has 0 radical (unpaired) electrons. The van der Waals surface area contributed by atoms with E-state index in [0.29, 0.717) is 26.1 Å². The van der Waals surface area contributed by atoms with Crippen LogP contribution in [0.3, 0.4) is 0 Å². The van der Waals surface area contributed by atoms with Gasteiger partial charge in [0.05, 0.1) is 12.5 Å². The molecule has 142 valence electrons. The number of fused-ring (bicyclic) bond motifs is 3. The minimum absolute atomic E-state index is 0.0884. The molecule has 1 aliphatic carbocycles. The number of aromatic amines is 1. The molecule has 0 saturated carbocycles. The van der Waals surface area contributed by atoms with E-state index in [-0.39, 0.29) is 11.8 Å². The van der Waals surface area contributed by atoms with Gasteiger partial charge in [-0.3, -0.25) is 4.79 Å². The summed E-state index contributed by atoms with van der Waals surface area (Å²) in [6, 6.07) is 8.30. The van der Waals surface area contributed by atoms with Crippen molar-refractivity contribution in [1.82, 2.24) is 25.1 Å². The zero-order valence-corrected chi connectivity index (χ0v) is 15.6. The molecule has 0 bridgehead atoms. The molecule has 1 amide bonds. The van der Waals surface area contributed by atoms with Crippen LogP contribution in [0.25, 0.3) is 10.9 Å². The fourth-order valence-corrected chi connectivity index (χ4v) is 3.95. The second-order valence-electron chi connectivity index (χ2n) is 6.98. The number of hydrogen-bond donors (Lipinski definition) is 2. The summed E-state index contributed by atoms with van der Waals surface area (Å²) in [6.07, 6.45) is 5.31. The molecule has 7 nitrogen and oxygen atoms in total. The highest BCUT2D eigenvalue weighted by atomic mass is 16.5. The highest BCUT2D eigenvalue weighted by molar-refractivity contribution is 5.90. The third kappa shape index (κ3) is 3.60. The normalized spacial score (nSPS) is 16.4. The Morgan fingerprint density at radius 3 is 3.19 bits per heavy atom. The van der Waals surface area contributed by atoms with E-state index >= 15 is 0 Å². The maximum absolute atomic E-state index is 12.8. The maximum Gasteiger partial charge on any atom is 0.229 e. The number of carbonyl (C=O) groups excluding carboxylic acids is 1. The largest absolute Gasteiger partial charge is 0.383 e. The van der Waals surface area contributed by atoms with Crippen molar-refractivity contribution in [3.8, 4) is 0 Å². The molecular formula is C20H25N5O2. The molecule has 0 saturated heterocycles. The summed E-state index contributed by atoms with van der Waals surface area (Å²) < 4.78 is 7.07. The summed E-state index contributed by atoms with van der Waals surface area (Å²) in [5.41, 5.74) is 3.51. The van der Waals surface area contributed by atoms with Gasteiger partial charge in [-0.05, 0) is 30.9 Å². The molecule has 7 heteroatoms. The van der Waals surface area contributed by atoms with Gasteiger partial charge >= 0.3 is 0 Å². The van der Waals surface area contributed by atoms with Crippen LogP contribution in [0.2, 0.25) is 0 Å². The molecule has 0 unspecified atom stereocenters. The van der Waals surface area contributed by atoms with Crippen LogP contribution in [-0.4, -0.2) is 45.9 Å². The fraction of sp³-hybridized carbons (Fsp3) is 0.450. The Labute approximate surface area is 158 Å². The minimum atomic E-state index is -0.104. The number of nitrogens with zero attached hydrogens (tertiary/aromatic N) is 3. The van der Waals surface area contributed by atoms with E-state index in [4.69, 9.17) is 4.74 Å². The van der Waals surface area contributed by atoms with Crippen LogP contribution in [0.5, 0.6) is 0 Å². The third-order valence-electron chi connectivity index (χ3n) is 5.31. The lowest BCUT2D eigenvalue weighted by Gasteiger charge is -2.22. The first-order chi connectivity index (χ1) is 13.3. The molecule has 0 fully saturated rings. The molecule has 1 aliphatic rings. The highest BCUT2D eigenvalue weighted by Crippen LogP contribution is 2.36. The molecular weight excluding hydrogens is 342 g/mol. The quantitative estimate of drug-likeness (QED) is 0.670. The van der Waals surface area contributed by atoms with E-state index in [2.05, 4.69) is 38.7 Å². The number of amides is 1. The first-order valence-electron chi connectivity index (χ1n) is 9.50. The molecule has 2 N–H and O–H groups in total. The number of H-pyrrole nitrogens is 1. The SMILES string of the molecule is COCCn1cnnc1CCNC(=O)[C@H]1CCCc2c1[nH]c1ccccc21. The zero-order valence-electron chi connectivity index (χ0n) is 15.6. The third-order valence-corrected chi connectivity index (χ3v) is 5.31. The Bertz CT molecular complexity index is 929. The van der Waals surface area contributed by atoms with Crippen molar-refractivity contribution in [3.05, 3.63) is 47.7 Å². The van der Waals surface area contributed by atoms with E-state index < -0.39 is 0 Å². The summed E-state index contributed by atoms with van der Waals surface area (Å²) in [5.74, 6) is 0.847. The van der Waals surface area contributed by atoms with Gasteiger partial charge in [0.2, 0.25) is 5.91 Å². The summed E-state index contributed by atoms with van der Waals surface area (Å²) in [6.45, 7) is 1.88. The summed E-state index contributed by atoms with van der Waals surface area (Å²) in [4.78, 5) is 16.3. The van der Waals surface area contributed by atoms with Gasteiger partial charge in [0.15, 0.2) is 0 Å². The Morgan fingerprint density at radius 2 is 2.30 bits per heavy atom. The second-order valence-corrected chi connectivity index (χ2v) is 6.98. The van der Waals surface area contributed by atoms with E-state index in [1.54, 1.807) is 13.4 Å². The lowest BCUT2D eigenvalue weighted by molar-refractivity contribution is -0.122. The van der Waals surface area contributed by atoms with E-state index in [0.717, 1.165) is 36.3 Å². The zero-order chi connectivity index (χ0) is 18.6. The molecule has 0 aliphatic heterocycles. The number of carbonyl (C=O) groups is 1. The van der Waals surface area contributed by atoms with Crippen molar-refractivity contribution >= 4 is 16.8 Å². The first kappa shape index (κ1) is 17.7. The number of benzene rings is 1. The van der Waals surface area contributed by atoms with Gasteiger partial charge in [-0.15, -0.1) is 10.2 Å². The van der Waals surface area contributed by atoms with Crippen molar-refractivity contribution in [1.29, 1.82) is 0 Å². The van der Waals surface area contributed by atoms with Gasteiger partial charge < -0.3 is 19.6 Å². The Kier molecular flexibility index (Phi) is 5.20. The Morgan fingerprint density at radius 1 is 1.41 bits per heavy atom. The molecule has 1 atom stereocenters. The molecule has 0 spiro atoms. The topological polar surface area (TPSA) is 84.8 Å². The van der Waals surface area contributed by atoms with Crippen LogP contribution in [0.1, 0.15) is 35.8 Å². The van der Waals surface area contributed by atoms with E-state index in [1.165, 1.54) is 10.9 Å².